The van der Waals surface area contributed by atoms with Gasteiger partial charge in [-0.05, 0) is 41.3 Å². The highest BCUT2D eigenvalue weighted by molar-refractivity contribution is 5.89. The van der Waals surface area contributed by atoms with Gasteiger partial charge in [-0.15, -0.1) is 0 Å². The average molecular weight is 262 g/mol. The Morgan fingerprint density at radius 1 is 0.750 bits per heavy atom. The van der Waals surface area contributed by atoms with Crippen molar-refractivity contribution in [3.8, 4) is 0 Å². The third-order valence-corrected chi connectivity index (χ3v) is 3.86. The normalized spacial score (nSPS) is 12.6. The second kappa shape index (κ2) is 5.10. The Bertz CT molecular complexity index is 741. The number of hydrogen-bond donors (Lipinski definition) is 1. The molecule has 1 heteroatoms. The number of aliphatic hydroxyl groups is 1. The Labute approximate surface area is 119 Å². The van der Waals surface area contributed by atoms with Crippen LogP contribution in [0.5, 0.6) is 0 Å². The molecule has 0 aliphatic rings. The Hall–Kier alpha value is -2.12. The number of hydrogen-bond acceptors (Lipinski definition) is 1. The van der Waals surface area contributed by atoms with Crippen molar-refractivity contribution in [2.45, 2.75) is 20.0 Å². The van der Waals surface area contributed by atoms with Gasteiger partial charge in [-0.1, -0.05) is 66.2 Å². The van der Waals surface area contributed by atoms with Crippen molar-refractivity contribution in [1.82, 2.24) is 0 Å². The first-order valence-electron chi connectivity index (χ1n) is 6.89. The molecule has 3 aromatic carbocycles. The second-order valence-corrected chi connectivity index (χ2v) is 5.33. The highest BCUT2D eigenvalue weighted by atomic mass is 16.3. The molecule has 0 radical (unpaired) electrons. The summed E-state index contributed by atoms with van der Waals surface area (Å²) < 4.78 is 0. The maximum atomic E-state index is 10.7. The van der Waals surface area contributed by atoms with Crippen LogP contribution in [0.1, 0.15) is 28.4 Å². The summed E-state index contributed by atoms with van der Waals surface area (Å²) in [5.41, 5.74) is 4.34. The van der Waals surface area contributed by atoms with Gasteiger partial charge < -0.3 is 5.11 Å². The molecule has 0 aromatic heterocycles. The summed E-state index contributed by atoms with van der Waals surface area (Å²) in [7, 11) is 0. The summed E-state index contributed by atoms with van der Waals surface area (Å²) in [6, 6.07) is 20.4. The Kier molecular flexibility index (Phi) is 3.29. The van der Waals surface area contributed by atoms with E-state index in [1.807, 2.05) is 42.5 Å². The average Bonchev–Trinajstić information content (AvgIpc) is 2.48. The minimum absolute atomic E-state index is 0.582. The zero-order chi connectivity index (χ0) is 14.1. The molecule has 1 nitrogen and oxygen atoms in total. The van der Waals surface area contributed by atoms with E-state index in [1.165, 1.54) is 16.5 Å². The van der Waals surface area contributed by atoms with Crippen LogP contribution in [0.15, 0.2) is 60.7 Å². The molecule has 1 atom stereocenters. The fourth-order valence-electron chi connectivity index (χ4n) is 2.64. The maximum absolute atomic E-state index is 10.7. The topological polar surface area (TPSA) is 20.2 Å². The van der Waals surface area contributed by atoms with E-state index >= 15 is 0 Å². The largest absolute Gasteiger partial charge is 0.384 e. The van der Waals surface area contributed by atoms with Gasteiger partial charge in [-0.2, -0.15) is 0 Å². The molecule has 0 amide bonds. The molecule has 1 N–H and O–H groups in total. The summed E-state index contributed by atoms with van der Waals surface area (Å²) >= 11 is 0. The Morgan fingerprint density at radius 3 is 2.10 bits per heavy atom. The summed E-state index contributed by atoms with van der Waals surface area (Å²) in [4.78, 5) is 0. The third-order valence-electron chi connectivity index (χ3n) is 3.86. The predicted octanol–water partition coefficient (Wildman–Crippen LogP) is 4.54. The molecule has 3 rings (SSSR count). The lowest BCUT2D eigenvalue weighted by Gasteiger charge is -2.15. The van der Waals surface area contributed by atoms with Crippen molar-refractivity contribution < 1.29 is 5.11 Å². The standard InChI is InChI=1S/C19H18O/c1-13-7-10-15(11-8-13)19(20)18-12-9-14(2)16-5-3-4-6-17(16)18/h3-12,19-20H,1-2H3. The zero-order valence-electron chi connectivity index (χ0n) is 11.8. The van der Waals surface area contributed by atoms with Crippen LogP contribution < -0.4 is 0 Å². The number of aryl methyl sites for hydroxylation is 2. The van der Waals surface area contributed by atoms with E-state index in [0.29, 0.717) is 0 Å². The molecule has 0 bridgehead atoms. The first-order valence-corrected chi connectivity index (χ1v) is 6.89. The smallest absolute Gasteiger partial charge is 0.105 e. The predicted molar refractivity (Wildman–Crippen MR) is 83.9 cm³/mol. The molecule has 100 valence electrons. The van der Waals surface area contributed by atoms with Crippen LogP contribution in [-0.2, 0) is 0 Å². The summed E-state index contributed by atoms with van der Waals surface area (Å²) in [6.07, 6.45) is -0.582. The highest BCUT2D eigenvalue weighted by Gasteiger charge is 2.13. The van der Waals surface area contributed by atoms with Crippen molar-refractivity contribution in [3.05, 3.63) is 82.9 Å². The first-order chi connectivity index (χ1) is 9.66. The fraction of sp³-hybridized carbons (Fsp3) is 0.158. The van der Waals surface area contributed by atoms with Gasteiger partial charge in [0.15, 0.2) is 0 Å². The molecule has 0 spiro atoms. The molecule has 1 unspecified atom stereocenters. The van der Waals surface area contributed by atoms with Crippen LogP contribution in [0.3, 0.4) is 0 Å². The van der Waals surface area contributed by atoms with Crippen molar-refractivity contribution in [2.75, 3.05) is 0 Å². The van der Waals surface area contributed by atoms with Crippen LogP contribution in [-0.4, -0.2) is 5.11 Å². The molecular weight excluding hydrogens is 244 g/mol. The zero-order valence-corrected chi connectivity index (χ0v) is 11.8. The van der Waals surface area contributed by atoms with Gasteiger partial charge in [0.25, 0.3) is 0 Å². The monoisotopic (exact) mass is 262 g/mol. The van der Waals surface area contributed by atoms with Gasteiger partial charge in [0.05, 0.1) is 0 Å². The SMILES string of the molecule is Cc1ccc(C(O)c2ccc(C)c3ccccc23)cc1. The lowest BCUT2D eigenvalue weighted by molar-refractivity contribution is 0.222. The molecule has 0 fully saturated rings. The van der Waals surface area contributed by atoms with E-state index in [1.54, 1.807) is 0 Å². The van der Waals surface area contributed by atoms with Crippen molar-refractivity contribution in [3.63, 3.8) is 0 Å². The number of fused-ring (bicyclic) bond motifs is 1. The van der Waals surface area contributed by atoms with Crippen LogP contribution in [0.2, 0.25) is 0 Å². The molecule has 0 saturated carbocycles. The van der Waals surface area contributed by atoms with E-state index in [-0.39, 0.29) is 0 Å². The Balaban J connectivity index is 2.14. The quantitative estimate of drug-likeness (QED) is 0.719. The number of rotatable bonds is 2. The molecule has 0 saturated heterocycles. The van der Waals surface area contributed by atoms with Crippen molar-refractivity contribution in [2.24, 2.45) is 0 Å². The number of aliphatic hydroxyl groups excluding tert-OH is 1. The lowest BCUT2D eigenvalue weighted by Crippen LogP contribution is -2.01. The third kappa shape index (κ3) is 2.21. The van der Waals surface area contributed by atoms with Gasteiger partial charge in [-0.3, -0.25) is 0 Å². The molecule has 3 aromatic rings. The summed E-state index contributed by atoms with van der Waals surface area (Å²) in [5, 5.41) is 13.0. The van der Waals surface area contributed by atoms with E-state index < -0.39 is 6.10 Å². The minimum Gasteiger partial charge on any atom is -0.384 e. The summed E-state index contributed by atoms with van der Waals surface area (Å²) in [6.45, 7) is 4.15. The van der Waals surface area contributed by atoms with E-state index in [0.717, 1.165) is 16.5 Å². The molecule has 0 aliphatic carbocycles. The number of benzene rings is 3. The molecule has 0 heterocycles. The van der Waals surface area contributed by atoms with Gasteiger partial charge in [0, 0.05) is 0 Å². The van der Waals surface area contributed by atoms with Gasteiger partial charge >= 0.3 is 0 Å². The van der Waals surface area contributed by atoms with Crippen LogP contribution >= 0.6 is 0 Å². The second-order valence-electron chi connectivity index (χ2n) is 5.33. The van der Waals surface area contributed by atoms with E-state index in [4.69, 9.17) is 0 Å². The van der Waals surface area contributed by atoms with E-state index in [9.17, 15) is 5.11 Å². The molecular formula is C19H18O. The molecule has 20 heavy (non-hydrogen) atoms. The fourth-order valence-corrected chi connectivity index (χ4v) is 2.64. The maximum Gasteiger partial charge on any atom is 0.105 e. The highest BCUT2D eigenvalue weighted by Crippen LogP contribution is 2.30. The first kappa shape index (κ1) is 12.9. The van der Waals surface area contributed by atoms with Crippen molar-refractivity contribution >= 4 is 10.8 Å². The van der Waals surface area contributed by atoms with Gasteiger partial charge in [-0.25, -0.2) is 0 Å². The van der Waals surface area contributed by atoms with Crippen LogP contribution in [0.4, 0.5) is 0 Å². The Morgan fingerprint density at radius 2 is 1.40 bits per heavy atom. The summed E-state index contributed by atoms with van der Waals surface area (Å²) in [5.74, 6) is 0. The van der Waals surface area contributed by atoms with Crippen LogP contribution in [0.25, 0.3) is 10.8 Å². The van der Waals surface area contributed by atoms with Gasteiger partial charge in [0.1, 0.15) is 6.10 Å². The lowest BCUT2D eigenvalue weighted by atomic mass is 9.93. The van der Waals surface area contributed by atoms with E-state index in [2.05, 4.69) is 32.0 Å². The van der Waals surface area contributed by atoms with Crippen LogP contribution in [0, 0.1) is 13.8 Å². The van der Waals surface area contributed by atoms with Gasteiger partial charge in [0.2, 0.25) is 0 Å². The molecule has 0 aliphatic heterocycles. The minimum atomic E-state index is -0.582. The van der Waals surface area contributed by atoms with Crippen molar-refractivity contribution in [1.29, 1.82) is 0 Å².